The minimum atomic E-state index is -1.25. The summed E-state index contributed by atoms with van der Waals surface area (Å²) < 4.78 is 0. The van der Waals surface area contributed by atoms with Crippen molar-refractivity contribution in [2.75, 3.05) is 11.9 Å². The molecule has 0 radical (unpaired) electrons. The molecule has 4 N–H and O–H groups in total. The fraction of sp³-hybridized carbons (Fsp3) is 0.357. The van der Waals surface area contributed by atoms with Crippen LogP contribution in [-0.2, 0) is 4.79 Å². The van der Waals surface area contributed by atoms with E-state index in [0.29, 0.717) is 6.42 Å². The lowest BCUT2D eigenvalue weighted by molar-refractivity contribution is -0.120. The van der Waals surface area contributed by atoms with Gasteiger partial charge in [0.25, 0.3) is 0 Å². The SMILES string of the molecule is CC1NCCC1C(=O)Nc1cc(C(=O)O)cc(C(=O)O)c1. The number of nitrogens with one attached hydrogen (secondary N) is 2. The predicted molar refractivity (Wildman–Crippen MR) is 74.6 cm³/mol. The van der Waals surface area contributed by atoms with Crippen LogP contribution in [-0.4, -0.2) is 40.6 Å². The van der Waals surface area contributed by atoms with Crippen LogP contribution in [0.3, 0.4) is 0 Å². The molecule has 2 atom stereocenters. The van der Waals surface area contributed by atoms with Gasteiger partial charge < -0.3 is 20.8 Å². The Kier molecular flexibility index (Phi) is 4.23. The molecule has 7 heteroatoms. The van der Waals surface area contributed by atoms with Crippen LogP contribution in [0.2, 0.25) is 0 Å². The van der Waals surface area contributed by atoms with E-state index in [1.807, 2.05) is 6.92 Å². The number of carboxylic acids is 2. The van der Waals surface area contributed by atoms with E-state index < -0.39 is 11.9 Å². The molecule has 1 heterocycles. The first kappa shape index (κ1) is 15.0. The summed E-state index contributed by atoms with van der Waals surface area (Å²) in [6.45, 7) is 2.64. The molecule has 1 aromatic carbocycles. The van der Waals surface area contributed by atoms with Crippen molar-refractivity contribution in [2.24, 2.45) is 5.92 Å². The molecule has 1 aliphatic heterocycles. The molecule has 2 rings (SSSR count). The molecule has 0 aromatic heterocycles. The first-order valence-corrected chi connectivity index (χ1v) is 6.54. The highest BCUT2D eigenvalue weighted by Crippen LogP contribution is 2.20. The molecule has 0 bridgehead atoms. The van der Waals surface area contributed by atoms with Crippen LogP contribution >= 0.6 is 0 Å². The van der Waals surface area contributed by atoms with E-state index in [-0.39, 0.29) is 34.7 Å². The summed E-state index contributed by atoms with van der Waals surface area (Å²) in [5, 5.41) is 23.7. The van der Waals surface area contributed by atoms with E-state index in [1.54, 1.807) is 0 Å². The highest BCUT2D eigenvalue weighted by Gasteiger charge is 2.29. The van der Waals surface area contributed by atoms with E-state index in [9.17, 15) is 14.4 Å². The normalized spacial score (nSPS) is 21.0. The third-order valence-corrected chi connectivity index (χ3v) is 3.56. The second-order valence-corrected chi connectivity index (χ2v) is 5.04. The zero-order valence-corrected chi connectivity index (χ0v) is 11.4. The highest BCUT2D eigenvalue weighted by atomic mass is 16.4. The van der Waals surface area contributed by atoms with Gasteiger partial charge in [0.15, 0.2) is 0 Å². The van der Waals surface area contributed by atoms with Gasteiger partial charge in [0.1, 0.15) is 0 Å². The van der Waals surface area contributed by atoms with Gasteiger partial charge in [0.05, 0.1) is 17.0 Å². The summed E-state index contributed by atoms with van der Waals surface area (Å²) in [7, 11) is 0. The van der Waals surface area contributed by atoms with E-state index in [2.05, 4.69) is 10.6 Å². The van der Waals surface area contributed by atoms with Crippen LogP contribution in [0.15, 0.2) is 18.2 Å². The van der Waals surface area contributed by atoms with Crippen LogP contribution in [0.1, 0.15) is 34.1 Å². The maximum Gasteiger partial charge on any atom is 0.335 e. The van der Waals surface area contributed by atoms with Crippen molar-refractivity contribution in [2.45, 2.75) is 19.4 Å². The molecule has 0 aliphatic carbocycles. The Labute approximate surface area is 121 Å². The highest BCUT2D eigenvalue weighted by molar-refractivity contribution is 5.99. The van der Waals surface area contributed by atoms with Crippen LogP contribution in [0.4, 0.5) is 5.69 Å². The maximum atomic E-state index is 12.1. The summed E-state index contributed by atoms with van der Waals surface area (Å²) in [4.78, 5) is 34.2. The Morgan fingerprint density at radius 1 is 1.14 bits per heavy atom. The molecular weight excluding hydrogens is 276 g/mol. The number of hydrogen-bond donors (Lipinski definition) is 4. The quantitative estimate of drug-likeness (QED) is 0.658. The lowest BCUT2D eigenvalue weighted by atomic mass is 10.0. The number of anilines is 1. The van der Waals surface area contributed by atoms with Gasteiger partial charge in [0, 0.05) is 11.7 Å². The molecule has 2 unspecified atom stereocenters. The Balaban J connectivity index is 2.24. The average molecular weight is 292 g/mol. The van der Waals surface area contributed by atoms with Crippen LogP contribution in [0.5, 0.6) is 0 Å². The predicted octanol–water partition coefficient (Wildman–Crippen LogP) is 1.02. The minimum Gasteiger partial charge on any atom is -0.478 e. The van der Waals surface area contributed by atoms with Crippen molar-refractivity contribution >= 4 is 23.5 Å². The number of benzene rings is 1. The third-order valence-electron chi connectivity index (χ3n) is 3.56. The Morgan fingerprint density at radius 2 is 1.71 bits per heavy atom. The topological polar surface area (TPSA) is 116 Å². The number of carbonyl (C=O) groups is 3. The van der Waals surface area contributed by atoms with Gasteiger partial charge in [-0.1, -0.05) is 0 Å². The summed E-state index contributed by atoms with van der Waals surface area (Å²) in [6.07, 6.45) is 0.692. The monoisotopic (exact) mass is 292 g/mol. The molecule has 1 saturated heterocycles. The molecule has 7 nitrogen and oxygen atoms in total. The van der Waals surface area contributed by atoms with Crippen molar-refractivity contribution < 1.29 is 24.6 Å². The lowest BCUT2D eigenvalue weighted by Crippen LogP contribution is -2.32. The van der Waals surface area contributed by atoms with Crippen molar-refractivity contribution in [1.29, 1.82) is 0 Å². The molecule has 1 fully saturated rings. The fourth-order valence-electron chi connectivity index (χ4n) is 2.40. The number of amides is 1. The van der Waals surface area contributed by atoms with Gasteiger partial charge in [-0.3, -0.25) is 4.79 Å². The Bertz CT molecular complexity index is 567. The molecule has 0 spiro atoms. The second-order valence-electron chi connectivity index (χ2n) is 5.04. The molecule has 112 valence electrons. The summed E-state index contributed by atoms with van der Waals surface area (Å²) in [6, 6.07) is 3.59. The van der Waals surface area contributed by atoms with Gasteiger partial charge in [-0.15, -0.1) is 0 Å². The van der Waals surface area contributed by atoms with E-state index >= 15 is 0 Å². The van der Waals surface area contributed by atoms with Crippen molar-refractivity contribution in [3.8, 4) is 0 Å². The summed E-state index contributed by atoms with van der Waals surface area (Å²) in [5.74, 6) is -2.95. The average Bonchev–Trinajstić information content (AvgIpc) is 2.84. The zero-order valence-electron chi connectivity index (χ0n) is 11.4. The zero-order chi connectivity index (χ0) is 15.6. The fourth-order valence-corrected chi connectivity index (χ4v) is 2.40. The van der Waals surface area contributed by atoms with Crippen LogP contribution < -0.4 is 10.6 Å². The molecule has 1 aliphatic rings. The standard InChI is InChI=1S/C14H16N2O5/c1-7-11(2-3-15-7)12(17)16-10-5-8(13(18)19)4-9(6-10)14(20)21/h4-7,11,15H,2-3H2,1H3,(H,16,17)(H,18,19)(H,20,21). The smallest absolute Gasteiger partial charge is 0.335 e. The molecule has 21 heavy (non-hydrogen) atoms. The van der Waals surface area contributed by atoms with Gasteiger partial charge in [-0.2, -0.15) is 0 Å². The van der Waals surface area contributed by atoms with Gasteiger partial charge in [-0.05, 0) is 38.1 Å². The van der Waals surface area contributed by atoms with Crippen molar-refractivity contribution in [3.63, 3.8) is 0 Å². The molecule has 1 amide bonds. The van der Waals surface area contributed by atoms with Crippen LogP contribution in [0.25, 0.3) is 0 Å². The van der Waals surface area contributed by atoms with Gasteiger partial charge in [0.2, 0.25) is 5.91 Å². The summed E-state index contributed by atoms with van der Waals surface area (Å²) >= 11 is 0. The van der Waals surface area contributed by atoms with Crippen molar-refractivity contribution in [3.05, 3.63) is 29.3 Å². The first-order chi connectivity index (χ1) is 9.88. The molecular formula is C14H16N2O5. The Morgan fingerprint density at radius 3 is 2.14 bits per heavy atom. The molecule has 1 aromatic rings. The number of carbonyl (C=O) groups excluding carboxylic acids is 1. The Hall–Kier alpha value is -2.41. The third kappa shape index (κ3) is 3.38. The maximum absolute atomic E-state index is 12.1. The lowest BCUT2D eigenvalue weighted by Gasteiger charge is -2.15. The van der Waals surface area contributed by atoms with Crippen molar-refractivity contribution in [1.82, 2.24) is 5.32 Å². The largest absolute Gasteiger partial charge is 0.478 e. The minimum absolute atomic E-state index is 0.0339. The first-order valence-electron chi connectivity index (χ1n) is 6.54. The number of rotatable bonds is 4. The number of aromatic carboxylic acids is 2. The summed E-state index contributed by atoms with van der Waals surface area (Å²) in [5.41, 5.74) is -0.179. The molecule has 0 saturated carbocycles. The van der Waals surface area contributed by atoms with Gasteiger partial charge in [-0.25, -0.2) is 9.59 Å². The van der Waals surface area contributed by atoms with Crippen LogP contribution in [0, 0.1) is 5.92 Å². The second kappa shape index (κ2) is 5.92. The van der Waals surface area contributed by atoms with Gasteiger partial charge >= 0.3 is 11.9 Å². The van der Waals surface area contributed by atoms with E-state index in [4.69, 9.17) is 10.2 Å². The van der Waals surface area contributed by atoms with E-state index in [0.717, 1.165) is 12.6 Å². The number of carboxylic acid groups (broad SMARTS) is 2. The number of hydrogen-bond acceptors (Lipinski definition) is 4. The van der Waals surface area contributed by atoms with E-state index in [1.165, 1.54) is 12.1 Å².